The van der Waals surface area contributed by atoms with Crippen molar-refractivity contribution in [3.05, 3.63) is 11.4 Å². The molecule has 1 rings (SSSR count). The number of primary sulfonamides is 1. The van der Waals surface area contributed by atoms with E-state index < -0.39 is 15.9 Å². The van der Waals surface area contributed by atoms with Gasteiger partial charge in [-0.05, 0) is 17.8 Å². The first-order valence-electron chi connectivity index (χ1n) is 6.95. The summed E-state index contributed by atoms with van der Waals surface area (Å²) in [5.74, 6) is 0.0143. The van der Waals surface area contributed by atoms with Crippen LogP contribution in [0.15, 0.2) is 4.90 Å². The zero-order valence-corrected chi connectivity index (χ0v) is 13.9. The normalized spacial score (nSPS) is 13.7. The van der Waals surface area contributed by atoms with Gasteiger partial charge in [0.1, 0.15) is 4.90 Å². The van der Waals surface area contributed by atoms with Crippen LogP contribution >= 0.6 is 0 Å². The third-order valence-electron chi connectivity index (χ3n) is 3.55. The predicted octanol–water partition coefficient (Wildman–Crippen LogP) is 1.20. The van der Waals surface area contributed by atoms with Crippen molar-refractivity contribution >= 4 is 15.9 Å². The Balaban J connectivity index is 3.06. The van der Waals surface area contributed by atoms with Gasteiger partial charge in [-0.1, -0.05) is 34.6 Å². The standard InChI is InChI=1S/C13H24N4O3S/c1-7(2)9(5)6-15-13(18)11-12(21(14,19)20)10(8(3)4)16-17-11/h7-9H,6H2,1-5H3,(H,15,18)(H,16,17)(H2,14,19,20). The van der Waals surface area contributed by atoms with Crippen LogP contribution < -0.4 is 10.5 Å². The topological polar surface area (TPSA) is 118 Å². The number of aromatic amines is 1. The summed E-state index contributed by atoms with van der Waals surface area (Å²) in [5.41, 5.74) is 0.178. The summed E-state index contributed by atoms with van der Waals surface area (Å²) in [7, 11) is -4.02. The van der Waals surface area contributed by atoms with E-state index in [9.17, 15) is 13.2 Å². The van der Waals surface area contributed by atoms with Gasteiger partial charge < -0.3 is 5.32 Å². The van der Waals surface area contributed by atoms with E-state index in [1.54, 1.807) is 13.8 Å². The van der Waals surface area contributed by atoms with Gasteiger partial charge in [-0.15, -0.1) is 0 Å². The Morgan fingerprint density at radius 3 is 2.29 bits per heavy atom. The molecule has 7 nitrogen and oxygen atoms in total. The van der Waals surface area contributed by atoms with E-state index in [2.05, 4.69) is 29.4 Å². The number of nitrogens with two attached hydrogens (primary N) is 1. The average Bonchev–Trinajstić information content (AvgIpc) is 2.79. The quantitative estimate of drug-likeness (QED) is 0.730. The molecular weight excluding hydrogens is 292 g/mol. The summed E-state index contributed by atoms with van der Waals surface area (Å²) in [4.78, 5) is 11.9. The molecule has 0 aliphatic rings. The second-order valence-electron chi connectivity index (χ2n) is 5.95. The number of amides is 1. The highest BCUT2D eigenvalue weighted by Gasteiger charge is 2.28. The van der Waals surface area contributed by atoms with Gasteiger partial charge in [-0.2, -0.15) is 5.10 Å². The molecule has 8 heteroatoms. The van der Waals surface area contributed by atoms with Gasteiger partial charge in [0.25, 0.3) is 5.91 Å². The van der Waals surface area contributed by atoms with Gasteiger partial charge in [0.05, 0.1) is 5.69 Å². The first-order valence-corrected chi connectivity index (χ1v) is 8.49. The van der Waals surface area contributed by atoms with Crippen LogP contribution in [-0.2, 0) is 10.0 Å². The van der Waals surface area contributed by atoms with Gasteiger partial charge in [0.15, 0.2) is 5.69 Å². The Kier molecular flexibility index (Phi) is 5.52. The summed E-state index contributed by atoms with van der Waals surface area (Å²) < 4.78 is 23.5. The molecule has 120 valence electrons. The molecule has 0 spiro atoms. The maximum atomic E-state index is 12.2. The van der Waals surface area contributed by atoms with E-state index in [1.807, 2.05) is 6.92 Å². The van der Waals surface area contributed by atoms with Crippen LogP contribution in [0.25, 0.3) is 0 Å². The van der Waals surface area contributed by atoms with Crippen LogP contribution in [0.1, 0.15) is 56.7 Å². The third-order valence-corrected chi connectivity index (χ3v) is 4.53. The molecule has 21 heavy (non-hydrogen) atoms. The molecule has 4 N–H and O–H groups in total. The van der Waals surface area contributed by atoms with Crippen LogP contribution in [0.2, 0.25) is 0 Å². The maximum absolute atomic E-state index is 12.2. The number of carbonyl (C=O) groups excluding carboxylic acids is 1. The van der Waals surface area contributed by atoms with Gasteiger partial charge >= 0.3 is 0 Å². The smallest absolute Gasteiger partial charge is 0.273 e. The van der Waals surface area contributed by atoms with E-state index in [1.165, 1.54) is 0 Å². The molecule has 1 aromatic rings. The Bertz CT molecular complexity index is 605. The van der Waals surface area contributed by atoms with Crippen molar-refractivity contribution < 1.29 is 13.2 Å². The molecular formula is C13H24N4O3S. The monoisotopic (exact) mass is 316 g/mol. The minimum atomic E-state index is -4.02. The van der Waals surface area contributed by atoms with E-state index in [-0.39, 0.29) is 22.4 Å². The highest BCUT2D eigenvalue weighted by molar-refractivity contribution is 7.89. The molecule has 0 aliphatic carbocycles. The van der Waals surface area contributed by atoms with Gasteiger partial charge in [0.2, 0.25) is 10.0 Å². The number of nitrogens with zero attached hydrogens (tertiary/aromatic N) is 1. The molecule has 0 saturated heterocycles. The second-order valence-corrected chi connectivity index (χ2v) is 7.44. The Morgan fingerprint density at radius 2 is 1.86 bits per heavy atom. The molecule has 0 aromatic carbocycles. The first kappa shape index (κ1) is 17.6. The molecule has 1 amide bonds. The van der Waals surface area contributed by atoms with Crippen LogP contribution in [0, 0.1) is 11.8 Å². The Hall–Kier alpha value is -1.41. The number of aromatic nitrogens is 2. The molecule has 0 aliphatic heterocycles. The molecule has 1 atom stereocenters. The summed E-state index contributed by atoms with van der Waals surface area (Å²) in [6.07, 6.45) is 0. The lowest BCUT2D eigenvalue weighted by atomic mass is 9.98. The molecule has 0 radical (unpaired) electrons. The lowest BCUT2D eigenvalue weighted by Crippen LogP contribution is -2.32. The average molecular weight is 316 g/mol. The lowest BCUT2D eigenvalue weighted by Gasteiger charge is -2.15. The van der Waals surface area contributed by atoms with Crippen molar-refractivity contribution in [1.29, 1.82) is 0 Å². The fourth-order valence-corrected chi connectivity index (χ4v) is 2.75. The van der Waals surface area contributed by atoms with Gasteiger partial charge in [0, 0.05) is 6.54 Å². The Labute approximate surface area is 125 Å². The SMILES string of the molecule is CC(C)c1[nH]nc(C(=O)NCC(C)C(C)C)c1S(N)(=O)=O. The van der Waals surface area contributed by atoms with Crippen LogP contribution in [0.3, 0.4) is 0 Å². The van der Waals surface area contributed by atoms with E-state index >= 15 is 0 Å². The van der Waals surface area contributed by atoms with Gasteiger partial charge in [-0.3, -0.25) is 9.89 Å². The number of nitrogens with one attached hydrogen (secondary N) is 2. The number of carbonyl (C=O) groups is 1. The lowest BCUT2D eigenvalue weighted by molar-refractivity contribution is 0.0936. The summed E-state index contributed by atoms with van der Waals surface area (Å²) in [6, 6.07) is 0. The zero-order chi connectivity index (χ0) is 16.4. The van der Waals surface area contributed by atoms with Crippen LogP contribution in [-0.4, -0.2) is 31.1 Å². The van der Waals surface area contributed by atoms with Gasteiger partial charge in [-0.25, -0.2) is 13.6 Å². The van der Waals surface area contributed by atoms with Crippen molar-refractivity contribution in [1.82, 2.24) is 15.5 Å². The molecule has 0 saturated carbocycles. The number of hydrogen-bond donors (Lipinski definition) is 3. The third kappa shape index (κ3) is 4.28. The number of hydrogen-bond acceptors (Lipinski definition) is 4. The molecule has 1 unspecified atom stereocenters. The highest BCUT2D eigenvalue weighted by atomic mass is 32.2. The zero-order valence-electron chi connectivity index (χ0n) is 13.1. The molecule has 0 fully saturated rings. The Morgan fingerprint density at radius 1 is 1.29 bits per heavy atom. The van der Waals surface area contributed by atoms with Crippen molar-refractivity contribution in [2.45, 2.75) is 45.4 Å². The summed E-state index contributed by atoms with van der Waals surface area (Å²) in [5, 5.41) is 14.4. The maximum Gasteiger partial charge on any atom is 0.273 e. The van der Waals surface area contributed by atoms with Crippen molar-refractivity contribution in [3.63, 3.8) is 0 Å². The predicted molar refractivity (Wildman–Crippen MR) is 80.4 cm³/mol. The van der Waals surface area contributed by atoms with Crippen LogP contribution in [0.4, 0.5) is 0 Å². The molecule has 1 aromatic heterocycles. The molecule has 1 heterocycles. The van der Waals surface area contributed by atoms with E-state index in [0.29, 0.717) is 18.2 Å². The summed E-state index contributed by atoms with van der Waals surface area (Å²) in [6.45, 7) is 10.2. The minimum Gasteiger partial charge on any atom is -0.350 e. The summed E-state index contributed by atoms with van der Waals surface area (Å²) >= 11 is 0. The highest BCUT2D eigenvalue weighted by Crippen LogP contribution is 2.23. The number of H-pyrrole nitrogens is 1. The fourth-order valence-electron chi connectivity index (χ4n) is 1.75. The van der Waals surface area contributed by atoms with Crippen molar-refractivity contribution in [2.24, 2.45) is 17.0 Å². The van der Waals surface area contributed by atoms with Crippen molar-refractivity contribution in [2.75, 3.05) is 6.54 Å². The van der Waals surface area contributed by atoms with Crippen LogP contribution in [0.5, 0.6) is 0 Å². The molecule has 0 bridgehead atoms. The second kappa shape index (κ2) is 6.57. The number of sulfonamides is 1. The van der Waals surface area contributed by atoms with E-state index in [0.717, 1.165) is 0 Å². The van der Waals surface area contributed by atoms with E-state index in [4.69, 9.17) is 5.14 Å². The first-order chi connectivity index (χ1) is 9.55. The fraction of sp³-hybridized carbons (Fsp3) is 0.692. The largest absolute Gasteiger partial charge is 0.350 e. The minimum absolute atomic E-state index is 0.137. The van der Waals surface area contributed by atoms with Crippen molar-refractivity contribution in [3.8, 4) is 0 Å². The number of rotatable bonds is 6.